The minimum atomic E-state index is 0.306. The maximum Gasteiger partial charge on any atom is 0.155 e. The first-order valence-electron chi connectivity index (χ1n) is 12.5. The average molecular weight is 479 g/mol. The number of nitrogens with zero attached hydrogens (tertiary/aromatic N) is 1. The Morgan fingerprint density at radius 1 is 1.00 bits per heavy atom. The summed E-state index contributed by atoms with van der Waals surface area (Å²) in [5.41, 5.74) is 11.1. The van der Waals surface area contributed by atoms with E-state index in [0.29, 0.717) is 17.5 Å². The van der Waals surface area contributed by atoms with E-state index in [-0.39, 0.29) is 0 Å². The van der Waals surface area contributed by atoms with E-state index in [1.165, 1.54) is 0 Å². The molecule has 0 aliphatic carbocycles. The quantitative estimate of drug-likeness (QED) is 0.364. The summed E-state index contributed by atoms with van der Waals surface area (Å²) in [4.78, 5) is 4.79. The van der Waals surface area contributed by atoms with Crippen LogP contribution in [0.4, 0.5) is 11.4 Å². The second kappa shape index (κ2) is 14.9. The summed E-state index contributed by atoms with van der Waals surface area (Å²) in [6.07, 6.45) is 7.26. The molecule has 0 spiro atoms. The molecule has 1 atom stereocenters. The van der Waals surface area contributed by atoms with Gasteiger partial charge in [0.25, 0.3) is 0 Å². The summed E-state index contributed by atoms with van der Waals surface area (Å²) in [6, 6.07) is 14.1. The molecule has 0 amide bonds. The summed E-state index contributed by atoms with van der Waals surface area (Å²) < 4.78 is 10.6. The van der Waals surface area contributed by atoms with Gasteiger partial charge in [-0.05, 0) is 74.4 Å². The van der Waals surface area contributed by atoms with Gasteiger partial charge in [-0.25, -0.2) is 4.99 Å². The summed E-state index contributed by atoms with van der Waals surface area (Å²) in [7, 11) is 1.67. The number of aryl methyl sites for hydroxylation is 2. The first kappa shape index (κ1) is 28.0. The number of anilines is 2. The highest BCUT2D eigenvalue weighted by atomic mass is 16.5. The lowest BCUT2D eigenvalue weighted by atomic mass is 10.0. The van der Waals surface area contributed by atoms with Gasteiger partial charge >= 0.3 is 0 Å². The SMILES string of the molecule is CCCOCCC.COc1cc(C)ccc1NC1=C\CC(C)\C=C(N)/C(Nc2ccccc2C)=N\1. The fourth-order valence-corrected chi connectivity index (χ4v) is 3.43. The van der Waals surface area contributed by atoms with Crippen LogP contribution in [0.5, 0.6) is 5.75 Å². The zero-order chi connectivity index (χ0) is 25.6. The van der Waals surface area contributed by atoms with Crippen LogP contribution in [0.1, 0.15) is 51.2 Å². The van der Waals surface area contributed by atoms with Gasteiger partial charge in [0.1, 0.15) is 11.6 Å². The van der Waals surface area contributed by atoms with Crippen molar-refractivity contribution in [1.82, 2.24) is 0 Å². The van der Waals surface area contributed by atoms with E-state index < -0.39 is 0 Å². The standard InChI is InChI=1S/C23H28N4O.C6H14O/c1-15-10-12-22(25-20-11-9-16(2)14-21(20)28-4)27-23(18(24)13-15)26-19-8-6-5-7-17(19)3;1-3-5-7-6-4-2/h5-9,11-15,25H,10,24H2,1-4H3,(H,26,27);3-6H2,1-2H3/b18-13+,22-12+;. The highest BCUT2D eigenvalue weighted by molar-refractivity contribution is 6.08. The van der Waals surface area contributed by atoms with E-state index in [4.69, 9.17) is 20.2 Å². The third-order valence-electron chi connectivity index (χ3n) is 5.37. The summed E-state index contributed by atoms with van der Waals surface area (Å²) in [6.45, 7) is 12.3. The molecule has 1 aliphatic rings. The Morgan fingerprint density at radius 3 is 2.37 bits per heavy atom. The molecule has 190 valence electrons. The number of rotatable bonds is 8. The molecule has 0 radical (unpaired) electrons. The topological polar surface area (TPSA) is 80.9 Å². The molecule has 6 nitrogen and oxygen atoms in total. The Bertz CT molecular complexity index is 1020. The van der Waals surface area contributed by atoms with Gasteiger partial charge in [-0.3, -0.25) is 0 Å². The van der Waals surface area contributed by atoms with E-state index in [1.54, 1.807) is 7.11 Å². The lowest BCUT2D eigenvalue weighted by molar-refractivity contribution is 0.135. The van der Waals surface area contributed by atoms with E-state index in [9.17, 15) is 0 Å². The Hall–Kier alpha value is -3.25. The third kappa shape index (κ3) is 9.49. The van der Waals surface area contributed by atoms with Crippen LogP contribution in [0.3, 0.4) is 0 Å². The van der Waals surface area contributed by atoms with Gasteiger partial charge in [0.15, 0.2) is 5.84 Å². The molecular formula is C29H42N4O2. The van der Waals surface area contributed by atoms with Gasteiger partial charge < -0.3 is 25.8 Å². The summed E-state index contributed by atoms with van der Waals surface area (Å²) in [5, 5.41) is 6.78. The van der Waals surface area contributed by atoms with Crippen molar-refractivity contribution in [1.29, 1.82) is 0 Å². The van der Waals surface area contributed by atoms with Crippen molar-refractivity contribution < 1.29 is 9.47 Å². The largest absolute Gasteiger partial charge is 0.495 e. The van der Waals surface area contributed by atoms with E-state index >= 15 is 0 Å². The third-order valence-corrected chi connectivity index (χ3v) is 5.37. The molecule has 1 heterocycles. The van der Waals surface area contributed by atoms with Crippen LogP contribution in [0.15, 0.2) is 71.1 Å². The molecule has 0 saturated heterocycles. The average Bonchev–Trinajstić information content (AvgIpc) is 2.84. The molecule has 0 fully saturated rings. The first-order valence-corrected chi connectivity index (χ1v) is 12.5. The number of nitrogens with one attached hydrogen (secondary N) is 2. The Balaban J connectivity index is 0.000000540. The van der Waals surface area contributed by atoms with Crippen LogP contribution in [-0.4, -0.2) is 26.2 Å². The maximum absolute atomic E-state index is 6.36. The zero-order valence-corrected chi connectivity index (χ0v) is 22.2. The summed E-state index contributed by atoms with van der Waals surface area (Å²) >= 11 is 0. The monoisotopic (exact) mass is 478 g/mol. The second-order valence-corrected chi connectivity index (χ2v) is 8.77. The van der Waals surface area contributed by atoms with Crippen molar-refractivity contribution in [2.45, 2.75) is 53.9 Å². The number of ether oxygens (including phenoxy) is 2. The van der Waals surface area contributed by atoms with Crippen molar-refractivity contribution in [3.05, 3.63) is 77.3 Å². The van der Waals surface area contributed by atoms with Gasteiger partial charge in [-0.15, -0.1) is 0 Å². The zero-order valence-electron chi connectivity index (χ0n) is 22.2. The van der Waals surface area contributed by atoms with E-state index in [0.717, 1.165) is 66.5 Å². The minimum absolute atomic E-state index is 0.306. The molecule has 0 aromatic heterocycles. The molecule has 3 rings (SSSR count). The van der Waals surface area contributed by atoms with Crippen LogP contribution in [-0.2, 0) is 4.74 Å². The number of hydrogen-bond acceptors (Lipinski definition) is 6. The Kier molecular flexibility index (Phi) is 11.9. The molecule has 6 heteroatoms. The second-order valence-electron chi connectivity index (χ2n) is 8.77. The number of methoxy groups -OCH3 is 1. The van der Waals surface area contributed by atoms with Crippen molar-refractivity contribution in [3.8, 4) is 5.75 Å². The molecule has 2 aromatic carbocycles. The highest BCUT2D eigenvalue weighted by Gasteiger charge is 2.13. The predicted molar refractivity (Wildman–Crippen MR) is 149 cm³/mol. The maximum atomic E-state index is 6.36. The van der Waals surface area contributed by atoms with E-state index in [1.807, 2.05) is 49.4 Å². The van der Waals surface area contributed by atoms with E-state index in [2.05, 4.69) is 50.5 Å². The van der Waals surface area contributed by atoms with Crippen LogP contribution in [0, 0.1) is 19.8 Å². The van der Waals surface area contributed by atoms with Crippen molar-refractivity contribution in [3.63, 3.8) is 0 Å². The van der Waals surface area contributed by atoms with Crippen LogP contribution >= 0.6 is 0 Å². The van der Waals surface area contributed by atoms with Crippen LogP contribution in [0.25, 0.3) is 0 Å². The minimum Gasteiger partial charge on any atom is -0.495 e. The first-order chi connectivity index (χ1) is 16.9. The van der Waals surface area contributed by atoms with Gasteiger partial charge in [0.05, 0.1) is 18.5 Å². The van der Waals surface area contributed by atoms with Crippen molar-refractivity contribution >= 4 is 17.2 Å². The molecule has 4 N–H and O–H groups in total. The number of amidine groups is 1. The summed E-state index contributed by atoms with van der Waals surface area (Å²) in [5.74, 6) is 2.45. The Labute approximate surface area is 211 Å². The molecule has 1 aliphatic heterocycles. The predicted octanol–water partition coefficient (Wildman–Crippen LogP) is 6.78. The number of para-hydroxylation sites is 1. The smallest absolute Gasteiger partial charge is 0.155 e. The Morgan fingerprint density at radius 2 is 1.71 bits per heavy atom. The van der Waals surface area contributed by atoms with Gasteiger partial charge in [0.2, 0.25) is 0 Å². The number of benzene rings is 2. The fraction of sp³-hybridized carbons (Fsp3) is 0.414. The van der Waals surface area contributed by atoms with Crippen molar-refractivity contribution in [2.75, 3.05) is 31.0 Å². The number of allylic oxidation sites excluding steroid dienone is 2. The molecule has 35 heavy (non-hydrogen) atoms. The van der Waals surface area contributed by atoms with Crippen LogP contribution < -0.4 is 21.1 Å². The molecular weight excluding hydrogens is 436 g/mol. The van der Waals surface area contributed by atoms with Crippen molar-refractivity contribution in [2.24, 2.45) is 16.6 Å². The van der Waals surface area contributed by atoms with Gasteiger partial charge in [-0.1, -0.05) is 51.1 Å². The number of aliphatic imine (C=N–C) groups is 1. The highest BCUT2D eigenvalue weighted by Crippen LogP contribution is 2.28. The number of hydrogen-bond donors (Lipinski definition) is 3. The molecule has 0 bridgehead atoms. The molecule has 1 unspecified atom stereocenters. The van der Waals surface area contributed by atoms with Gasteiger partial charge in [-0.2, -0.15) is 0 Å². The number of nitrogens with two attached hydrogens (primary N) is 1. The lowest BCUT2D eigenvalue weighted by Crippen LogP contribution is -2.23. The molecule has 2 aromatic rings. The van der Waals surface area contributed by atoms with Crippen LogP contribution in [0.2, 0.25) is 0 Å². The lowest BCUT2D eigenvalue weighted by Gasteiger charge is -2.19. The molecule has 0 saturated carbocycles. The normalized spacial score (nSPS) is 19.8. The van der Waals surface area contributed by atoms with Gasteiger partial charge in [0, 0.05) is 18.9 Å². The fourth-order valence-electron chi connectivity index (χ4n) is 3.43.